The molecule has 1 amide bonds. The third kappa shape index (κ3) is 3.81. The molecule has 1 heterocycles. The average molecular weight is 458 g/mol. The summed E-state index contributed by atoms with van der Waals surface area (Å²) < 4.78 is 5.32. The van der Waals surface area contributed by atoms with E-state index < -0.39 is 0 Å². The van der Waals surface area contributed by atoms with Crippen molar-refractivity contribution in [1.29, 1.82) is 0 Å². The summed E-state index contributed by atoms with van der Waals surface area (Å²) in [4.78, 5) is 41.0. The highest BCUT2D eigenvalue weighted by Crippen LogP contribution is 2.67. The van der Waals surface area contributed by atoms with Gasteiger partial charge in [-0.1, -0.05) is 33.6 Å². The second-order valence-corrected chi connectivity index (χ2v) is 12.6. The fourth-order valence-corrected chi connectivity index (χ4v) is 9.55. The summed E-state index contributed by atoms with van der Waals surface area (Å²) in [6.45, 7) is 9.00. The van der Waals surface area contributed by atoms with E-state index in [-0.39, 0.29) is 34.4 Å². The zero-order valence-corrected chi connectivity index (χ0v) is 20.9. The minimum atomic E-state index is -0.340. The normalized spacial score (nSPS) is 43.9. The van der Waals surface area contributed by atoms with Crippen LogP contribution in [0.15, 0.2) is 0 Å². The number of hydrogen-bond acceptors (Lipinski definition) is 4. The van der Waals surface area contributed by atoms with Crippen molar-refractivity contribution in [2.24, 2.45) is 46.3 Å². The number of hydrogen-bond donors (Lipinski definition) is 0. The van der Waals surface area contributed by atoms with Crippen LogP contribution in [0.4, 0.5) is 0 Å². The van der Waals surface area contributed by atoms with Gasteiger partial charge in [-0.3, -0.25) is 14.4 Å². The van der Waals surface area contributed by atoms with Crippen molar-refractivity contribution in [2.75, 3.05) is 26.3 Å². The largest absolute Gasteiger partial charge is 0.378 e. The van der Waals surface area contributed by atoms with Gasteiger partial charge in [-0.05, 0) is 78.9 Å². The number of morpholine rings is 1. The van der Waals surface area contributed by atoms with Gasteiger partial charge in [0.1, 0.15) is 5.78 Å². The summed E-state index contributed by atoms with van der Waals surface area (Å²) in [6, 6.07) is 0. The Balaban J connectivity index is 1.30. The molecule has 8 atom stereocenters. The highest BCUT2D eigenvalue weighted by Gasteiger charge is 2.63. The second kappa shape index (κ2) is 8.77. The smallest absolute Gasteiger partial charge is 0.290 e. The maximum atomic E-state index is 13.8. The molecular formula is C28H43NO4. The first kappa shape index (κ1) is 23.5. The van der Waals surface area contributed by atoms with Gasteiger partial charge in [0, 0.05) is 31.8 Å². The quantitative estimate of drug-likeness (QED) is 0.576. The molecule has 0 aromatic rings. The minimum absolute atomic E-state index is 0.0160. The number of ketones is 2. The maximum Gasteiger partial charge on any atom is 0.290 e. The van der Waals surface area contributed by atoms with E-state index in [1.165, 1.54) is 44.9 Å². The lowest BCUT2D eigenvalue weighted by molar-refractivity contribution is -0.158. The van der Waals surface area contributed by atoms with Crippen molar-refractivity contribution < 1.29 is 19.1 Å². The van der Waals surface area contributed by atoms with Gasteiger partial charge in [0.2, 0.25) is 5.78 Å². The van der Waals surface area contributed by atoms with E-state index in [0.29, 0.717) is 62.7 Å². The Morgan fingerprint density at radius 1 is 1.03 bits per heavy atom. The van der Waals surface area contributed by atoms with Crippen molar-refractivity contribution in [1.82, 2.24) is 4.90 Å². The molecule has 184 valence electrons. The number of rotatable bonds is 4. The van der Waals surface area contributed by atoms with Gasteiger partial charge in [0.25, 0.3) is 5.91 Å². The van der Waals surface area contributed by atoms with E-state index in [9.17, 15) is 14.4 Å². The molecule has 1 saturated heterocycles. The van der Waals surface area contributed by atoms with Crippen LogP contribution in [0.25, 0.3) is 0 Å². The van der Waals surface area contributed by atoms with Crippen LogP contribution in [0.1, 0.15) is 85.0 Å². The van der Waals surface area contributed by atoms with Crippen LogP contribution in [0.2, 0.25) is 0 Å². The topological polar surface area (TPSA) is 63.7 Å². The number of amides is 1. The fourth-order valence-electron chi connectivity index (χ4n) is 9.55. The molecule has 0 radical (unpaired) electrons. The SMILES string of the molecule is C[C@H](CC(=O)C(=O)N1CCOCC1)[C@H]1CCC2C3CCC4CCCC[C@]4(C)C3C(=O)C[C@@]21C. The summed E-state index contributed by atoms with van der Waals surface area (Å²) in [7, 11) is 0. The number of Topliss-reactive ketones (excluding diaryl/α,β-unsaturated/α-hetero) is 2. The van der Waals surface area contributed by atoms with E-state index in [4.69, 9.17) is 4.74 Å². The molecule has 0 aromatic carbocycles. The Kier molecular flexibility index (Phi) is 6.25. The van der Waals surface area contributed by atoms with Crippen LogP contribution in [-0.2, 0) is 19.1 Å². The Hall–Kier alpha value is -1.23. The van der Waals surface area contributed by atoms with Crippen LogP contribution in [0.3, 0.4) is 0 Å². The van der Waals surface area contributed by atoms with Gasteiger partial charge in [0.05, 0.1) is 13.2 Å². The monoisotopic (exact) mass is 457 g/mol. The van der Waals surface area contributed by atoms with Crippen molar-refractivity contribution in [3.05, 3.63) is 0 Å². The highest BCUT2D eigenvalue weighted by molar-refractivity contribution is 6.36. The van der Waals surface area contributed by atoms with Crippen molar-refractivity contribution >= 4 is 17.5 Å². The molecule has 0 N–H and O–H groups in total. The molecule has 0 aromatic heterocycles. The molecule has 5 rings (SSSR count). The molecule has 4 saturated carbocycles. The molecule has 4 unspecified atom stereocenters. The number of ether oxygens (including phenoxy) is 1. The third-order valence-electron chi connectivity index (χ3n) is 11.1. The molecule has 5 heteroatoms. The number of fused-ring (bicyclic) bond motifs is 5. The van der Waals surface area contributed by atoms with Crippen LogP contribution in [-0.4, -0.2) is 48.7 Å². The molecule has 0 spiro atoms. The minimum Gasteiger partial charge on any atom is -0.378 e. The molecule has 0 bridgehead atoms. The van der Waals surface area contributed by atoms with E-state index in [1.54, 1.807) is 4.90 Å². The summed E-state index contributed by atoms with van der Waals surface area (Å²) in [6.07, 6.45) is 10.9. The van der Waals surface area contributed by atoms with Crippen LogP contribution >= 0.6 is 0 Å². The third-order valence-corrected chi connectivity index (χ3v) is 11.1. The maximum absolute atomic E-state index is 13.8. The van der Waals surface area contributed by atoms with Crippen molar-refractivity contribution in [3.63, 3.8) is 0 Å². The Morgan fingerprint density at radius 3 is 2.55 bits per heavy atom. The summed E-state index contributed by atoms with van der Waals surface area (Å²) in [5.41, 5.74) is 0.196. The Bertz CT molecular complexity index is 804. The van der Waals surface area contributed by atoms with E-state index >= 15 is 0 Å². The van der Waals surface area contributed by atoms with Gasteiger partial charge >= 0.3 is 0 Å². The van der Waals surface area contributed by atoms with Crippen molar-refractivity contribution in [2.45, 2.75) is 85.0 Å². The lowest BCUT2D eigenvalue weighted by Crippen LogP contribution is -2.57. The molecule has 33 heavy (non-hydrogen) atoms. The number of nitrogens with zero attached hydrogens (tertiary/aromatic N) is 1. The fraction of sp³-hybridized carbons (Fsp3) is 0.893. The highest BCUT2D eigenvalue weighted by atomic mass is 16.5. The molecular weight excluding hydrogens is 414 g/mol. The molecule has 5 nitrogen and oxygen atoms in total. The van der Waals surface area contributed by atoms with Gasteiger partial charge < -0.3 is 9.64 Å². The lowest BCUT2D eigenvalue weighted by atomic mass is 9.44. The average Bonchev–Trinajstić information content (AvgIpc) is 3.15. The zero-order chi connectivity index (χ0) is 23.4. The first-order chi connectivity index (χ1) is 15.8. The van der Waals surface area contributed by atoms with Crippen LogP contribution in [0, 0.1) is 46.3 Å². The summed E-state index contributed by atoms with van der Waals surface area (Å²) in [5.74, 6) is 2.53. The predicted molar refractivity (Wildman–Crippen MR) is 126 cm³/mol. The number of carbonyl (C=O) groups excluding carboxylic acids is 3. The molecule has 4 aliphatic carbocycles. The van der Waals surface area contributed by atoms with Gasteiger partial charge in [0.15, 0.2) is 0 Å². The molecule has 5 aliphatic rings. The standard InChI is InChI=1S/C28H43NO4/c1-18(16-23(30)26(32)29-12-14-33-15-13-29)21-9-10-22-20-8-7-19-6-4-5-11-27(19,2)25(20)24(31)17-28(21,22)3/h18-22,25H,4-17H2,1-3H3/t18-,19?,20?,21-,22?,25?,27+,28-/m1/s1. The van der Waals surface area contributed by atoms with Crippen LogP contribution in [0.5, 0.6) is 0 Å². The van der Waals surface area contributed by atoms with Gasteiger partial charge in [-0.2, -0.15) is 0 Å². The van der Waals surface area contributed by atoms with E-state index in [0.717, 1.165) is 12.3 Å². The predicted octanol–water partition coefficient (Wildman–Crippen LogP) is 4.67. The Labute approximate surface area is 199 Å². The zero-order valence-electron chi connectivity index (χ0n) is 20.9. The first-order valence-electron chi connectivity index (χ1n) is 13.7. The molecule has 1 aliphatic heterocycles. The van der Waals surface area contributed by atoms with Crippen molar-refractivity contribution in [3.8, 4) is 0 Å². The lowest BCUT2D eigenvalue weighted by Gasteiger charge is -2.59. The van der Waals surface area contributed by atoms with Gasteiger partial charge in [-0.25, -0.2) is 0 Å². The van der Waals surface area contributed by atoms with E-state index in [1.807, 2.05) is 0 Å². The van der Waals surface area contributed by atoms with Crippen LogP contribution < -0.4 is 0 Å². The number of carbonyl (C=O) groups is 3. The van der Waals surface area contributed by atoms with Gasteiger partial charge in [-0.15, -0.1) is 0 Å². The summed E-state index contributed by atoms with van der Waals surface area (Å²) >= 11 is 0. The first-order valence-corrected chi connectivity index (χ1v) is 13.7. The second-order valence-electron chi connectivity index (χ2n) is 12.6. The summed E-state index contributed by atoms with van der Waals surface area (Å²) in [5, 5.41) is 0. The Morgan fingerprint density at radius 2 is 1.79 bits per heavy atom. The molecule has 5 fully saturated rings. The van der Waals surface area contributed by atoms with E-state index in [2.05, 4.69) is 20.8 Å².